The van der Waals surface area contributed by atoms with E-state index in [-0.39, 0.29) is 6.04 Å². The summed E-state index contributed by atoms with van der Waals surface area (Å²) < 4.78 is 37.0. The van der Waals surface area contributed by atoms with Crippen molar-refractivity contribution in [2.75, 3.05) is 0 Å². The molecule has 0 spiro atoms. The van der Waals surface area contributed by atoms with Gasteiger partial charge in [0.25, 0.3) is 0 Å². The fourth-order valence-corrected chi connectivity index (χ4v) is 1.59. The second kappa shape index (κ2) is 5.36. The number of hydrogen-bond donors (Lipinski definition) is 1. The first kappa shape index (κ1) is 13.8. The Morgan fingerprint density at radius 1 is 1.24 bits per heavy atom. The quantitative estimate of drug-likeness (QED) is 0.807. The molecule has 1 rings (SSSR count). The van der Waals surface area contributed by atoms with Crippen LogP contribution in [-0.4, -0.2) is 6.04 Å². The van der Waals surface area contributed by atoms with E-state index in [1.807, 2.05) is 19.9 Å². The van der Waals surface area contributed by atoms with Gasteiger partial charge in [0.05, 0.1) is 5.56 Å². The fourth-order valence-electron chi connectivity index (χ4n) is 1.59. The van der Waals surface area contributed by atoms with Crippen molar-refractivity contribution in [1.82, 2.24) is 0 Å². The highest BCUT2D eigenvalue weighted by Crippen LogP contribution is 2.29. The van der Waals surface area contributed by atoms with Crippen molar-refractivity contribution in [1.29, 1.82) is 0 Å². The summed E-state index contributed by atoms with van der Waals surface area (Å²) in [6, 6.07) is 4.97. The van der Waals surface area contributed by atoms with Gasteiger partial charge in [0.15, 0.2) is 0 Å². The SMILES string of the molecule is CC(C)=CC(N)Cc1ccc(C(F)(F)F)cc1. The molecule has 1 aromatic carbocycles. The van der Waals surface area contributed by atoms with Crippen LogP contribution in [0.2, 0.25) is 0 Å². The minimum Gasteiger partial charge on any atom is -0.324 e. The number of halogens is 3. The monoisotopic (exact) mass is 243 g/mol. The summed E-state index contributed by atoms with van der Waals surface area (Å²) in [5.74, 6) is 0. The summed E-state index contributed by atoms with van der Waals surface area (Å²) in [4.78, 5) is 0. The van der Waals surface area contributed by atoms with Gasteiger partial charge in [-0.2, -0.15) is 13.2 Å². The summed E-state index contributed by atoms with van der Waals surface area (Å²) in [7, 11) is 0. The summed E-state index contributed by atoms with van der Waals surface area (Å²) in [6.07, 6.45) is -1.83. The van der Waals surface area contributed by atoms with Crippen molar-refractivity contribution in [3.8, 4) is 0 Å². The van der Waals surface area contributed by atoms with Gasteiger partial charge in [-0.15, -0.1) is 0 Å². The number of rotatable bonds is 3. The molecule has 1 aromatic rings. The van der Waals surface area contributed by atoms with E-state index in [1.54, 1.807) is 0 Å². The zero-order valence-electron chi connectivity index (χ0n) is 9.88. The molecule has 0 aliphatic heterocycles. The first-order chi connectivity index (χ1) is 7.79. The lowest BCUT2D eigenvalue weighted by Crippen LogP contribution is -2.20. The Morgan fingerprint density at radius 2 is 1.76 bits per heavy atom. The Labute approximate surface area is 99.1 Å². The van der Waals surface area contributed by atoms with Gasteiger partial charge in [-0.05, 0) is 38.0 Å². The third-order valence-corrected chi connectivity index (χ3v) is 2.30. The van der Waals surface area contributed by atoms with Gasteiger partial charge in [-0.1, -0.05) is 23.8 Å². The number of benzene rings is 1. The van der Waals surface area contributed by atoms with Crippen LogP contribution in [0, 0.1) is 0 Å². The Morgan fingerprint density at radius 3 is 2.18 bits per heavy atom. The predicted molar refractivity (Wildman–Crippen MR) is 62.6 cm³/mol. The molecule has 94 valence electrons. The van der Waals surface area contributed by atoms with Crippen molar-refractivity contribution in [2.24, 2.45) is 5.73 Å². The van der Waals surface area contributed by atoms with E-state index < -0.39 is 11.7 Å². The zero-order valence-corrected chi connectivity index (χ0v) is 9.88. The third kappa shape index (κ3) is 4.61. The van der Waals surface area contributed by atoms with E-state index in [2.05, 4.69) is 0 Å². The van der Waals surface area contributed by atoms with Crippen molar-refractivity contribution >= 4 is 0 Å². The topological polar surface area (TPSA) is 26.0 Å². The van der Waals surface area contributed by atoms with Crippen LogP contribution in [0.3, 0.4) is 0 Å². The molecular formula is C13H16F3N. The van der Waals surface area contributed by atoms with E-state index in [0.29, 0.717) is 6.42 Å². The highest BCUT2D eigenvalue weighted by Gasteiger charge is 2.29. The Balaban J connectivity index is 2.72. The zero-order chi connectivity index (χ0) is 13.1. The molecule has 0 radical (unpaired) electrons. The normalized spacial score (nSPS) is 13.3. The van der Waals surface area contributed by atoms with Crippen LogP contribution in [0.4, 0.5) is 13.2 Å². The van der Waals surface area contributed by atoms with Crippen LogP contribution >= 0.6 is 0 Å². The van der Waals surface area contributed by atoms with Crippen molar-refractivity contribution in [2.45, 2.75) is 32.5 Å². The molecule has 0 aliphatic carbocycles. The average molecular weight is 243 g/mol. The van der Waals surface area contributed by atoms with E-state index in [1.165, 1.54) is 12.1 Å². The minimum atomic E-state index is -4.28. The van der Waals surface area contributed by atoms with Gasteiger partial charge in [0, 0.05) is 6.04 Å². The molecule has 0 saturated heterocycles. The van der Waals surface area contributed by atoms with Crippen LogP contribution in [-0.2, 0) is 12.6 Å². The number of nitrogens with two attached hydrogens (primary N) is 1. The summed E-state index contributed by atoms with van der Waals surface area (Å²) in [5, 5.41) is 0. The van der Waals surface area contributed by atoms with E-state index in [9.17, 15) is 13.2 Å². The molecule has 1 unspecified atom stereocenters. The van der Waals surface area contributed by atoms with Crippen LogP contribution in [0.5, 0.6) is 0 Å². The maximum Gasteiger partial charge on any atom is 0.416 e. The molecule has 4 heteroatoms. The smallest absolute Gasteiger partial charge is 0.324 e. The summed E-state index contributed by atoms with van der Waals surface area (Å²) in [5.41, 5.74) is 7.11. The van der Waals surface area contributed by atoms with E-state index in [4.69, 9.17) is 5.73 Å². The summed E-state index contributed by atoms with van der Waals surface area (Å²) >= 11 is 0. The lowest BCUT2D eigenvalue weighted by atomic mass is 10.0. The van der Waals surface area contributed by atoms with E-state index in [0.717, 1.165) is 23.3 Å². The molecule has 0 fully saturated rings. The molecule has 0 bridgehead atoms. The van der Waals surface area contributed by atoms with Gasteiger partial charge in [0.1, 0.15) is 0 Å². The fraction of sp³-hybridized carbons (Fsp3) is 0.385. The van der Waals surface area contributed by atoms with Gasteiger partial charge in [-0.25, -0.2) is 0 Å². The van der Waals surface area contributed by atoms with Gasteiger partial charge < -0.3 is 5.73 Å². The average Bonchev–Trinajstić information content (AvgIpc) is 2.15. The van der Waals surface area contributed by atoms with Crippen molar-refractivity contribution in [3.05, 3.63) is 47.0 Å². The molecule has 2 N–H and O–H groups in total. The lowest BCUT2D eigenvalue weighted by Gasteiger charge is -2.10. The number of hydrogen-bond acceptors (Lipinski definition) is 1. The predicted octanol–water partition coefficient (Wildman–Crippen LogP) is 3.54. The molecule has 0 aliphatic rings. The van der Waals surface area contributed by atoms with Crippen molar-refractivity contribution < 1.29 is 13.2 Å². The van der Waals surface area contributed by atoms with Crippen LogP contribution in [0.25, 0.3) is 0 Å². The van der Waals surface area contributed by atoms with Crippen molar-refractivity contribution in [3.63, 3.8) is 0 Å². The molecule has 17 heavy (non-hydrogen) atoms. The van der Waals surface area contributed by atoms with Gasteiger partial charge >= 0.3 is 6.18 Å². The van der Waals surface area contributed by atoms with Gasteiger partial charge in [0.2, 0.25) is 0 Å². The second-order valence-electron chi connectivity index (χ2n) is 4.31. The van der Waals surface area contributed by atoms with Crippen LogP contribution < -0.4 is 5.73 Å². The maximum absolute atomic E-state index is 12.3. The Bertz CT molecular complexity index is 386. The van der Waals surface area contributed by atoms with Crippen LogP contribution in [0.15, 0.2) is 35.9 Å². The van der Waals surface area contributed by atoms with Gasteiger partial charge in [-0.3, -0.25) is 0 Å². The molecule has 0 heterocycles. The molecular weight excluding hydrogens is 227 g/mol. The number of alkyl halides is 3. The third-order valence-electron chi connectivity index (χ3n) is 2.30. The first-order valence-electron chi connectivity index (χ1n) is 5.36. The second-order valence-corrected chi connectivity index (χ2v) is 4.31. The lowest BCUT2D eigenvalue weighted by molar-refractivity contribution is -0.137. The minimum absolute atomic E-state index is 0.156. The summed E-state index contributed by atoms with van der Waals surface area (Å²) in [6.45, 7) is 3.87. The Kier molecular flexibility index (Phi) is 4.34. The molecule has 0 aromatic heterocycles. The van der Waals surface area contributed by atoms with E-state index >= 15 is 0 Å². The largest absolute Gasteiger partial charge is 0.416 e. The highest BCUT2D eigenvalue weighted by molar-refractivity contribution is 5.25. The molecule has 0 amide bonds. The molecule has 1 atom stereocenters. The molecule has 1 nitrogen and oxygen atoms in total. The molecule has 0 saturated carbocycles. The van der Waals surface area contributed by atoms with Crippen LogP contribution in [0.1, 0.15) is 25.0 Å². The highest BCUT2D eigenvalue weighted by atomic mass is 19.4. The number of allylic oxidation sites excluding steroid dienone is 1. The standard InChI is InChI=1S/C13H16F3N/c1-9(2)7-12(17)8-10-3-5-11(6-4-10)13(14,15)16/h3-7,12H,8,17H2,1-2H3. The first-order valence-corrected chi connectivity index (χ1v) is 5.36. The maximum atomic E-state index is 12.3. The Hall–Kier alpha value is -1.29.